The SMILES string of the molecule is COc1ccc(C(C#Cc2ccccc2)CN=C(N)NC#N)cc1OCC=C(C)CCC=C(C)C. The number of ether oxygens (including phenoxy) is 2. The van der Waals surface area contributed by atoms with E-state index >= 15 is 0 Å². The van der Waals surface area contributed by atoms with Crippen LogP contribution in [0.1, 0.15) is 50.7 Å². The summed E-state index contributed by atoms with van der Waals surface area (Å²) in [6.45, 7) is 7.06. The van der Waals surface area contributed by atoms with E-state index in [9.17, 15) is 0 Å². The highest BCUT2D eigenvalue weighted by Gasteiger charge is 2.13. The van der Waals surface area contributed by atoms with Crippen molar-refractivity contribution < 1.29 is 9.47 Å². The monoisotopic (exact) mass is 470 g/mol. The lowest BCUT2D eigenvalue weighted by Gasteiger charge is -2.14. The highest BCUT2D eigenvalue weighted by Crippen LogP contribution is 2.31. The Morgan fingerprint density at radius 1 is 1.11 bits per heavy atom. The topological polar surface area (TPSA) is 92.7 Å². The lowest BCUT2D eigenvalue weighted by Crippen LogP contribution is -2.28. The van der Waals surface area contributed by atoms with Crippen molar-refractivity contribution in [2.75, 3.05) is 20.3 Å². The Morgan fingerprint density at radius 2 is 1.89 bits per heavy atom. The predicted octanol–water partition coefficient (Wildman–Crippen LogP) is 5.29. The van der Waals surface area contributed by atoms with Crippen LogP contribution in [0.2, 0.25) is 0 Å². The Bertz CT molecular complexity index is 1140. The van der Waals surface area contributed by atoms with E-state index in [1.807, 2.05) is 48.5 Å². The molecule has 6 heteroatoms. The van der Waals surface area contributed by atoms with Gasteiger partial charge in [-0.25, -0.2) is 0 Å². The molecule has 0 aliphatic carbocycles. The van der Waals surface area contributed by atoms with Crippen LogP contribution >= 0.6 is 0 Å². The van der Waals surface area contributed by atoms with Gasteiger partial charge in [0, 0.05) is 5.56 Å². The maximum atomic E-state index is 8.77. The largest absolute Gasteiger partial charge is 0.493 e. The van der Waals surface area contributed by atoms with Gasteiger partial charge in [0.1, 0.15) is 6.61 Å². The first-order valence-electron chi connectivity index (χ1n) is 11.5. The van der Waals surface area contributed by atoms with Gasteiger partial charge in [0.15, 0.2) is 17.7 Å². The second kappa shape index (κ2) is 14.9. The van der Waals surface area contributed by atoms with Gasteiger partial charge in [0.2, 0.25) is 5.96 Å². The molecule has 182 valence electrons. The number of methoxy groups -OCH3 is 1. The van der Waals surface area contributed by atoms with Gasteiger partial charge in [-0.15, -0.1) is 0 Å². The summed E-state index contributed by atoms with van der Waals surface area (Å²) in [6.07, 6.45) is 8.13. The van der Waals surface area contributed by atoms with Crippen LogP contribution in [0.25, 0.3) is 0 Å². The molecule has 0 amide bonds. The van der Waals surface area contributed by atoms with Crippen LogP contribution in [-0.4, -0.2) is 26.2 Å². The van der Waals surface area contributed by atoms with E-state index in [1.54, 1.807) is 13.3 Å². The van der Waals surface area contributed by atoms with Crippen LogP contribution in [0.3, 0.4) is 0 Å². The van der Waals surface area contributed by atoms with Crippen molar-refractivity contribution in [3.8, 4) is 29.5 Å². The van der Waals surface area contributed by atoms with Crippen LogP contribution in [0.4, 0.5) is 0 Å². The first-order chi connectivity index (χ1) is 16.9. The Labute approximate surface area is 209 Å². The molecule has 6 nitrogen and oxygen atoms in total. The van der Waals surface area contributed by atoms with E-state index in [0.29, 0.717) is 18.1 Å². The maximum Gasteiger partial charge on any atom is 0.202 e. The molecule has 2 aromatic carbocycles. The van der Waals surface area contributed by atoms with Gasteiger partial charge >= 0.3 is 0 Å². The summed E-state index contributed by atoms with van der Waals surface area (Å²) in [7, 11) is 1.62. The summed E-state index contributed by atoms with van der Waals surface area (Å²) in [4.78, 5) is 4.27. The maximum absolute atomic E-state index is 8.77. The summed E-state index contributed by atoms with van der Waals surface area (Å²) in [5, 5.41) is 11.1. The summed E-state index contributed by atoms with van der Waals surface area (Å²) in [5.41, 5.74) is 10.2. The van der Waals surface area contributed by atoms with Crippen molar-refractivity contribution in [3.63, 3.8) is 0 Å². The number of nitrogens with one attached hydrogen (secondary N) is 1. The number of benzene rings is 2. The first-order valence-corrected chi connectivity index (χ1v) is 11.5. The Kier molecular flexibility index (Phi) is 11.5. The van der Waals surface area contributed by atoms with Crippen molar-refractivity contribution in [3.05, 3.63) is 83.0 Å². The Balaban J connectivity index is 2.25. The number of hydrogen-bond donors (Lipinski definition) is 2. The lowest BCUT2D eigenvalue weighted by atomic mass is 9.98. The zero-order valence-electron chi connectivity index (χ0n) is 21.0. The zero-order valence-corrected chi connectivity index (χ0v) is 21.0. The van der Waals surface area contributed by atoms with Gasteiger partial charge in [-0.3, -0.25) is 10.3 Å². The Hall–Kier alpha value is -4.16. The standard InChI is InChI=1S/C29H34N4O2/c1-22(2)9-8-10-23(3)17-18-35-28-19-25(15-16-27(28)34-4)26(20-32-29(31)33-21-30)14-13-24-11-6-5-7-12-24/h5-7,9,11-12,15-17,19,26H,8,10,18,20H2,1-4H3,(H3,31,32,33). The number of nitrogens with zero attached hydrogens (tertiary/aromatic N) is 2. The molecule has 0 fully saturated rings. The highest BCUT2D eigenvalue weighted by molar-refractivity contribution is 5.79. The third-order valence-electron chi connectivity index (χ3n) is 5.14. The third kappa shape index (κ3) is 10.1. The number of rotatable bonds is 10. The minimum atomic E-state index is -0.260. The number of nitrogens with two attached hydrogens (primary N) is 1. The first kappa shape index (κ1) is 27.1. The van der Waals surface area contributed by atoms with Gasteiger partial charge < -0.3 is 15.2 Å². The number of nitriles is 1. The van der Waals surface area contributed by atoms with E-state index in [4.69, 9.17) is 20.5 Å². The van der Waals surface area contributed by atoms with E-state index in [2.05, 4.69) is 55.1 Å². The van der Waals surface area contributed by atoms with Gasteiger partial charge in [0.25, 0.3) is 0 Å². The van der Waals surface area contributed by atoms with Crippen LogP contribution in [0.15, 0.2) is 76.8 Å². The Morgan fingerprint density at radius 3 is 2.57 bits per heavy atom. The number of guanidine groups is 1. The van der Waals surface area contributed by atoms with Crippen LogP contribution in [0.5, 0.6) is 11.5 Å². The number of aliphatic imine (C=N–C) groups is 1. The molecule has 0 bridgehead atoms. The van der Waals surface area contributed by atoms with Crippen LogP contribution in [0, 0.1) is 23.3 Å². The molecule has 3 N–H and O–H groups in total. The fourth-order valence-corrected chi connectivity index (χ4v) is 3.20. The van der Waals surface area contributed by atoms with Crippen LogP contribution < -0.4 is 20.5 Å². The van der Waals surface area contributed by atoms with Crippen molar-refractivity contribution in [1.29, 1.82) is 5.26 Å². The minimum Gasteiger partial charge on any atom is -0.493 e. The molecule has 2 aromatic rings. The average Bonchev–Trinajstić information content (AvgIpc) is 2.84. The van der Waals surface area contributed by atoms with E-state index in [0.717, 1.165) is 24.0 Å². The van der Waals surface area contributed by atoms with Crippen molar-refractivity contribution in [1.82, 2.24) is 5.32 Å². The second-order valence-electron chi connectivity index (χ2n) is 8.24. The van der Waals surface area contributed by atoms with Gasteiger partial charge in [-0.05, 0) is 69.5 Å². The molecule has 1 atom stereocenters. The average molecular weight is 471 g/mol. The molecular formula is C29H34N4O2. The minimum absolute atomic E-state index is 0.0534. The number of allylic oxidation sites excluding steroid dienone is 3. The molecule has 0 aliphatic heterocycles. The predicted molar refractivity (Wildman–Crippen MR) is 142 cm³/mol. The quantitative estimate of drug-likeness (QED) is 0.123. The highest BCUT2D eigenvalue weighted by atomic mass is 16.5. The molecular weight excluding hydrogens is 436 g/mol. The summed E-state index contributed by atoms with van der Waals surface area (Å²) in [6, 6.07) is 15.5. The van der Waals surface area contributed by atoms with E-state index < -0.39 is 0 Å². The third-order valence-corrected chi connectivity index (χ3v) is 5.14. The fraction of sp³-hybridized carbons (Fsp3) is 0.310. The molecule has 0 heterocycles. The zero-order chi connectivity index (χ0) is 25.5. The molecule has 35 heavy (non-hydrogen) atoms. The normalized spacial score (nSPS) is 12.0. The molecule has 0 aromatic heterocycles. The van der Waals surface area contributed by atoms with Gasteiger partial charge in [0.05, 0.1) is 19.6 Å². The fourth-order valence-electron chi connectivity index (χ4n) is 3.20. The molecule has 0 saturated heterocycles. The second-order valence-corrected chi connectivity index (χ2v) is 8.24. The summed E-state index contributed by atoms with van der Waals surface area (Å²) >= 11 is 0. The molecule has 2 rings (SSSR count). The van der Waals surface area contributed by atoms with Crippen LogP contribution in [-0.2, 0) is 0 Å². The lowest BCUT2D eigenvalue weighted by molar-refractivity contribution is 0.325. The summed E-state index contributed by atoms with van der Waals surface area (Å²) < 4.78 is 11.6. The van der Waals surface area contributed by atoms with Gasteiger partial charge in [-0.1, -0.05) is 53.3 Å². The smallest absolute Gasteiger partial charge is 0.202 e. The molecule has 0 radical (unpaired) electrons. The molecule has 0 spiro atoms. The van der Waals surface area contributed by atoms with Gasteiger partial charge in [-0.2, -0.15) is 5.26 Å². The molecule has 0 aliphatic rings. The molecule has 0 saturated carbocycles. The van der Waals surface area contributed by atoms with E-state index in [1.165, 1.54) is 11.1 Å². The van der Waals surface area contributed by atoms with E-state index in [-0.39, 0.29) is 18.4 Å². The number of hydrogen-bond acceptors (Lipinski definition) is 4. The molecule has 1 unspecified atom stereocenters. The summed E-state index contributed by atoms with van der Waals surface area (Å²) in [5.74, 6) is 7.56. The van der Waals surface area contributed by atoms with Crippen molar-refractivity contribution in [2.24, 2.45) is 10.7 Å². The van der Waals surface area contributed by atoms with Crippen molar-refractivity contribution >= 4 is 5.96 Å². The van der Waals surface area contributed by atoms with Crippen molar-refractivity contribution in [2.45, 2.75) is 39.5 Å².